The van der Waals surface area contributed by atoms with E-state index in [1.165, 1.54) is 25.7 Å². The maximum absolute atomic E-state index is 5.62. The number of rotatable bonds is 8. The Morgan fingerprint density at radius 3 is 2.65 bits per heavy atom. The third-order valence-electron chi connectivity index (χ3n) is 3.02. The Kier molecular flexibility index (Phi) is 5.33. The van der Waals surface area contributed by atoms with Gasteiger partial charge in [0.1, 0.15) is 12.4 Å². The van der Waals surface area contributed by atoms with Crippen LogP contribution in [0.25, 0.3) is 0 Å². The Labute approximate surface area is 112 Å². The molecule has 0 aromatic heterocycles. The maximum atomic E-state index is 5.62. The molecule has 2 rings (SSSR count). The van der Waals surface area contributed by atoms with Gasteiger partial charge in [-0.15, -0.1) is 0 Å². The van der Waals surface area contributed by atoms with E-state index in [9.17, 15) is 0 Å². The predicted octanol–water partition coefficient (Wildman–Crippen LogP) is 3.61. The SMILES string of the molecule is Brc1ccc(OCCNCCCC2CC2)cc1. The molecular formula is C14H20BrNO. The van der Waals surface area contributed by atoms with Crippen LogP contribution in [-0.4, -0.2) is 19.7 Å². The fourth-order valence-electron chi connectivity index (χ4n) is 1.82. The number of nitrogens with one attached hydrogen (secondary N) is 1. The fourth-order valence-corrected chi connectivity index (χ4v) is 2.08. The van der Waals surface area contributed by atoms with Gasteiger partial charge in [-0.05, 0) is 49.6 Å². The molecule has 0 bridgehead atoms. The van der Waals surface area contributed by atoms with Gasteiger partial charge in [-0.1, -0.05) is 28.8 Å². The Balaban J connectivity index is 1.46. The van der Waals surface area contributed by atoms with Crippen molar-refractivity contribution in [3.05, 3.63) is 28.7 Å². The van der Waals surface area contributed by atoms with E-state index in [1.54, 1.807) is 0 Å². The molecule has 0 aliphatic heterocycles. The lowest BCUT2D eigenvalue weighted by Crippen LogP contribution is -2.22. The molecule has 1 aliphatic carbocycles. The molecule has 0 amide bonds. The van der Waals surface area contributed by atoms with Crippen LogP contribution in [0.5, 0.6) is 5.75 Å². The van der Waals surface area contributed by atoms with Crippen LogP contribution in [0.4, 0.5) is 0 Å². The summed E-state index contributed by atoms with van der Waals surface area (Å²) in [7, 11) is 0. The van der Waals surface area contributed by atoms with E-state index < -0.39 is 0 Å². The van der Waals surface area contributed by atoms with Crippen molar-refractivity contribution in [2.45, 2.75) is 25.7 Å². The molecule has 0 saturated heterocycles. The first-order valence-corrected chi connectivity index (χ1v) is 7.23. The van der Waals surface area contributed by atoms with Crippen molar-refractivity contribution in [2.24, 2.45) is 5.92 Å². The first-order chi connectivity index (χ1) is 8.34. The molecule has 3 heteroatoms. The van der Waals surface area contributed by atoms with Gasteiger partial charge in [0.2, 0.25) is 0 Å². The highest BCUT2D eigenvalue weighted by molar-refractivity contribution is 9.10. The second-order valence-electron chi connectivity index (χ2n) is 4.64. The minimum atomic E-state index is 0.741. The Bertz CT molecular complexity index is 321. The van der Waals surface area contributed by atoms with E-state index in [0.29, 0.717) is 0 Å². The smallest absolute Gasteiger partial charge is 0.119 e. The molecule has 2 nitrogen and oxygen atoms in total. The highest BCUT2D eigenvalue weighted by Gasteiger charge is 2.19. The lowest BCUT2D eigenvalue weighted by Gasteiger charge is -2.07. The average molecular weight is 298 g/mol. The van der Waals surface area contributed by atoms with Gasteiger partial charge in [-0.3, -0.25) is 0 Å². The topological polar surface area (TPSA) is 21.3 Å². The molecule has 17 heavy (non-hydrogen) atoms. The standard InChI is InChI=1S/C14H20BrNO/c15-13-5-7-14(8-6-13)17-11-10-16-9-1-2-12-3-4-12/h5-8,12,16H,1-4,9-11H2. The second kappa shape index (κ2) is 7.02. The van der Waals surface area contributed by atoms with Crippen molar-refractivity contribution in [3.63, 3.8) is 0 Å². The summed E-state index contributed by atoms with van der Waals surface area (Å²) in [5.41, 5.74) is 0. The van der Waals surface area contributed by atoms with Crippen LogP contribution < -0.4 is 10.1 Å². The molecule has 0 unspecified atom stereocenters. The fraction of sp³-hybridized carbons (Fsp3) is 0.571. The van der Waals surface area contributed by atoms with Gasteiger partial charge in [-0.2, -0.15) is 0 Å². The van der Waals surface area contributed by atoms with Crippen molar-refractivity contribution < 1.29 is 4.74 Å². The van der Waals surface area contributed by atoms with Crippen LogP contribution in [0.1, 0.15) is 25.7 Å². The molecule has 1 saturated carbocycles. The summed E-state index contributed by atoms with van der Waals surface area (Å²) in [6.07, 6.45) is 5.64. The van der Waals surface area contributed by atoms with Crippen LogP contribution in [0.15, 0.2) is 28.7 Å². The first-order valence-electron chi connectivity index (χ1n) is 6.44. The van der Waals surface area contributed by atoms with Crippen molar-refractivity contribution in [1.29, 1.82) is 0 Å². The summed E-state index contributed by atoms with van der Waals surface area (Å²) in [5, 5.41) is 3.42. The molecule has 0 heterocycles. The first kappa shape index (κ1) is 12.9. The summed E-state index contributed by atoms with van der Waals surface area (Å²) >= 11 is 3.40. The van der Waals surface area contributed by atoms with Gasteiger partial charge in [0.25, 0.3) is 0 Å². The van der Waals surface area contributed by atoms with Crippen molar-refractivity contribution in [1.82, 2.24) is 5.32 Å². The van der Waals surface area contributed by atoms with Crippen molar-refractivity contribution in [3.8, 4) is 5.75 Å². The van der Waals surface area contributed by atoms with Crippen LogP contribution >= 0.6 is 15.9 Å². The maximum Gasteiger partial charge on any atom is 0.119 e. The Morgan fingerprint density at radius 2 is 1.94 bits per heavy atom. The quantitative estimate of drug-likeness (QED) is 0.740. The zero-order valence-electron chi connectivity index (χ0n) is 10.1. The number of hydrogen-bond acceptors (Lipinski definition) is 2. The van der Waals surface area contributed by atoms with Gasteiger partial charge in [0.15, 0.2) is 0 Å². The van der Waals surface area contributed by atoms with Gasteiger partial charge in [0, 0.05) is 11.0 Å². The van der Waals surface area contributed by atoms with Crippen molar-refractivity contribution in [2.75, 3.05) is 19.7 Å². The minimum Gasteiger partial charge on any atom is -0.492 e. The van der Waals surface area contributed by atoms with Crippen LogP contribution in [0, 0.1) is 5.92 Å². The van der Waals surface area contributed by atoms with E-state index in [-0.39, 0.29) is 0 Å². The monoisotopic (exact) mass is 297 g/mol. The third-order valence-corrected chi connectivity index (χ3v) is 3.55. The van der Waals surface area contributed by atoms with E-state index in [2.05, 4.69) is 21.2 Å². The number of halogens is 1. The summed E-state index contributed by atoms with van der Waals surface area (Å²) in [6, 6.07) is 7.96. The second-order valence-corrected chi connectivity index (χ2v) is 5.55. The molecule has 0 radical (unpaired) electrons. The van der Waals surface area contributed by atoms with E-state index in [4.69, 9.17) is 4.74 Å². The highest BCUT2D eigenvalue weighted by atomic mass is 79.9. The number of benzene rings is 1. The molecule has 1 aliphatic rings. The molecule has 1 N–H and O–H groups in total. The van der Waals surface area contributed by atoms with Gasteiger partial charge < -0.3 is 10.1 Å². The van der Waals surface area contributed by atoms with Crippen LogP contribution in [-0.2, 0) is 0 Å². The molecule has 1 fully saturated rings. The Hall–Kier alpha value is -0.540. The molecule has 94 valence electrons. The molecular weight excluding hydrogens is 278 g/mol. The highest BCUT2D eigenvalue weighted by Crippen LogP contribution is 2.33. The van der Waals surface area contributed by atoms with E-state index in [1.807, 2.05) is 24.3 Å². The lowest BCUT2D eigenvalue weighted by atomic mass is 10.2. The van der Waals surface area contributed by atoms with E-state index in [0.717, 1.165) is 35.8 Å². The molecule has 0 spiro atoms. The Morgan fingerprint density at radius 1 is 1.18 bits per heavy atom. The zero-order valence-corrected chi connectivity index (χ0v) is 11.7. The average Bonchev–Trinajstić information content (AvgIpc) is 3.14. The molecule has 1 aromatic carbocycles. The lowest BCUT2D eigenvalue weighted by molar-refractivity contribution is 0.313. The van der Waals surface area contributed by atoms with Gasteiger partial charge >= 0.3 is 0 Å². The largest absolute Gasteiger partial charge is 0.492 e. The third kappa shape index (κ3) is 5.55. The zero-order chi connectivity index (χ0) is 11.9. The summed E-state index contributed by atoms with van der Waals surface area (Å²) in [4.78, 5) is 0. The van der Waals surface area contributed by atoms with Gasteiger partial charge in [-0.25, -0.2) is 0 Å². The van der Waals surface area contributed by atoms with Crippen molar-refractivity contribution >= 4 is 15.9 Å². The minimum absolute atomic E-state index is 0.741. The number of hydrogen-bond donors (Lipinski definition) is 1. The van der Waals surface area contributed by atoms with Gasteiger partial charge in [0.05, 0.1) is 0 Å². The summed E-state index contributed by atoms with van der Waals surface area (Å²) in [5.74, 6) is 1.99. The predicted molar refractivity (Wildman–Crippen MR) is 74.5 cm³/mol. The molecule has 0 atom stereocenters. The summed E-state index contributed by atoms with van der Waals surface area (Å²) < 4.78 is 6.70. The van der Waals surface area contributed by atoms with E-state index >= 15 is 0 Å². The molecule has 1 aromatic rings. The van der Waals surface area contributed by atoms with Crippen LogP contribution in [0.3, 0.4) is 0 Å². The summed E-state index contributed by atoms with van der Waals surface area (Å²) in [6.45, 7) is 2.80. The number of ether oxygens (including phenoxy) is 1. The van der Waals surface area contributed by atoms with Crippen LogP contribution in [0.2, 0.25) is 0 Å². The normalized spacial score (nSPS) is 14.9.